The lowest BCUT2D eigenvalue weighted by molar-refractivity contribution is -0.0856. The van der Waals surface area contributed by atoms with Gasteiger partial charge in [0.25, 0.3) is 0 Å². The van der Waals surface area contributed by atoms with Gasteiger partial charge in [-0.25, -0.2) is 0 Å². The minimum atomic E-state index is 0.0545. The number of nitrogens with two attached hydrogens (primary N) is 1. The van der Waals surface area contributed by atoms with Gasteiger partial charge in [0, 0.05) is 27.5 Å². The monoisotopic (exact) mass is 435 g/mol. The fraction of sp³-hybridized carbons (Fsp3) is 0.643. The lowest BCUT2D eigenvalue weighted by atomic mass is 9.80. The molecule has 4 nitrogen and oxygen atoms in total. The summed E-state index contributed by atoms with van der Waals surface area (Å²) < 4.78 is 8.06. The first-order chi connectivity index (χ1) is 10.1. The van der Waals surface area contributed by atoms with E-state index in [0.29, 0.717) is 5.92 Å². The van der Waals surface area contributed by atoms with Crippen molar-refractivity contribution in [1.29, 1.82) is 0 Å². The molecular formula is C14H19Br2N3OS. The van der Waals surface area contributed by atoms with Gasteiger partial charge >= 0.3 is 0 Å². The van der Waals surface area contributed by atoms with Gasteiger partial charge in [-0.3, -0.25) is 16.3 Å². The fourth-order valence-electron chi connectivity index (χ4n) is 3.31. The zero-order valence-corrected chi connectivity index (χ0v) is 15.6. The van der Waals surface area contributed by atoms with E-state index in [0.717, 1.165) is 46.3 Å². The summed E-state index contributed by atoms with van der Waals surface area (Å²) in [7, 11) is 0. The molecule has 0 amide bonds. The van der Waals surface area contributed by atoms with Crippen LogP contribution in [0, 0.1) is 5.92 Å². The molecule has 0 aliphatic carbocycles. The average Bonchev–Trinajstić information content (AvgIpc) is 2.90. The maximum Gasteiger partial charge on any atom is 0.0783 e. The second-order valence-electron chi connectivity index (χ2n) is 5.75. The second-order valence-corrected chi connectivity index (χ2v) is 8.63. The van der Waals surface area contributed by atoms with Crippen LogP contribution in [0.3, 0.4) is 0 Å². The maximum absolute atomic E-state index is 6.11. The molecule has 2 aliphatic heterocycles. The van der Waals surface area contributed by atoms with E-state index in [2.05, 4.69) is 42.3 Å². The van der Waals surface area contributed by atoms with Gasteiger partial charge in [0.1, 0.15) is 0 Å². The van der Waals surface area contributed by atoms with E-state index < -0.39 is 0 Å². The number of hydrogen-bond acceptors (Lipinski definition) is 5. The third kappa shape index (κ3) is 3.48. The minimum Gasteiger partial charge on any atom is -0.374 e. The van der Waals surface area contributed by atoms with Gasteiger partial charge in [-0.15, -0.1) is 0 Å². The van der Waals surface area contributed by atoms with Crippen molar-refractivity contribution < 1.29 is 4.74 Å². The Hall–Kier alpha value is 0.340. The molecule has 0 saturated carbocycles. The van der Waals surface area contributed by atoms with Gasteiger partial charge in [0.15, 0.2) is 0 Å². The van der Waals surface area contributed by atoms with Crippen LogP contribution in [0.4, 0.5) is 0 Å². The topological polar surface area (TPSA) is 60.2 Å². The molecule has 3 heterocycles. The third-order valence-corrected chi connectivity index (χ3v) is 6.67. The Bertz CT molecular complexity index is 511. The number of nitrogens with zero attached hydrogens (tertiary/aromatic N) is 1. The Morgan fingerprint density at radius 2 is 2.38 bits per heavy atom. The molecule has 1 aromatic heterocycles. The number of thioether (sulfide) groups is 1. The summed E-state index contributed by atoms with van der Waals surface area (Å²) in [6.07, 6.45) is 5.05. The van der Waals surface area contributed by atoms with Gasteiger partial charge in [-0.1, -0.05) is 0 Å². The van der Waals surface area contributed by atoms with E-state index in [1.807, 2.05) is 24.0 Å². The molecule has 0 aromatic carbocycles. The predicted octanol–water partition coefficient (Wildman–Crippen LogP) is 3.41. The summed E-state index contributed by atoms with van der Waals surface area (Å²) >= 11 is 9.05. The smallest absolute Gasteiger partial charge is 0.0783 e. The standard InChI is InChI=1S/C14H19Br2N3OS/c15-10-5-11(16)13(18-7-10)12(19-17)9-1-3-20-14(6-9)2-4-21-8-14/h5,7,9,12,19H,1-4,6,8,17H2. The van der Waals surface area contributed by atoms with Gasteiger partial charge in [-0.2, -0.15) is 11.8 Å². The summed E-state index contributed by atoms with van der Waals surface area (Å²) in [6.45, 7) is 0.817. The van der Waals surface area contributed by atoms with Crippen LogP contribution < -0.4 is 11.3 Å². The molecule has 1 aromatic rings. The lowest BCUT2D eigenvalue weighted by Gasteiger charge is -2.40. The van der Waals surface area contributed by atoms with Crippen molar-refractivity contribution in [3.05, 3.63) is 26.9 Å². The highest BCUT2D eigenvalue weighted by Gasteiger charge is 2.43. The van der Waals surface area contributed by atoms with Crippen molar-refractivity contribution in [2.75, 3.05) is 18.1 Å². The van der Waals surface area contributed by atoms with Crippen LogP contribution in [0.1, 0.15) is 31.0 Å². The highest BCUT2D eigenvalue weighted by molar-refractivity contribution is 9.11. The molecule has 0 radical (unpaired) electrons. The first kappa shape index (κ1) is 16.2. The van der Waals surface area contributed by atoms with Crippen molar-refractivity contribution in [2.24, 2.45) is 11.8 Å². The van der Waals surface area contributed by atoms with Crippen molar-refractivity contribution in [3.63, 3.8) is 0 Å². The number of hydrazine groups is 1. The van der Waals surface area contributed by atoms with Gasteiger partial charge in [0.2, 0.25) is 0 Å². The van der Waals surface area contributed by atoms with E-state index in [1.54, 1.807) is 0 Å². The normalized spacial score (nSPS) is 30.7. The van der Waals surface area contributed by atoms with Crippen molar-refractivity contribution in [1.82, 2.24) is 10.4 Å². The van der Waals surface area contributed by atoms with Crippen LogP contribution in [0.15, 0.2) is 21.2 Å². The van der Waals surface area contributed by atoms with Crippen LogP contribution in [0.5, 0.6) is 0 Å². The maximum atomic E-state index is 6.11. The van der Waals surface area contributed by atoms with Crippen molar-refractivity contribution in [3.8, 4) is 0 Å². The number of aromatic nitrogens is 1. The summed E-state index contributed by atoms with van der Waals surface area (Å²) in [6, 6.07) is 2.08. The van der Waals surface area contributed by atoms with Crippen LogP contribution >= 0.6 is 43.6 Å². The number of ether oxygens (including phenoxy) is 1. The highest BCUT2D eigenvalue weighted by Crippen LogP contribution is 2.44. The molecule has 2 saturated heterocycles. The van der Waals surface area contributed by atoms with Crippen LogP contribution in [-0.4, -0.2) is 28.7 Å². The zero-order valence-electron chi connectivity index (χ0n) is 11.6. The Balaban J connectivity index is 1.82. The van der Waals surface area contributed by atoms with Crippen molar-refractivity contribution in [2.45, 2.75) is 30.9 Å². The highest BCUT2D eigenvalue weighted by atomic mass is 79.9. The SMILES string of the molecule is NNC(c1ncc(Br)cc1Br)C1CCOC2(CCSC2)C1. The first-order valence-corrected chi connectivity index (χ1v) is 9.86. The Labute approximate surface area is 146 Å². The Morgan fingerprint density at radius 3 is 3.05 bits per heavy atom. The van der Waals surface area contributed by atoms with Crippen LogP contribution in [0.2, 0.25) is 0 Å². The number of pyridine rings is 1. The molecule has 2 fully saturated rings. The van der Waals surface area contributed by atoms with E-state index in [1.165, 1.54) is 5.75 Å². The van der Waals surface area contributed by atoms with Crippen LogP contribution in [-0.2, 0) is 4.74 Å². The molecular weight excluding hydrogens is 418 g/mol. The minimum absolute atomic E-state index is 0.0545. The number of hydrogen-bond donors (Lipinski definition) is 2. The number of nitrogens with one attached hydrogen (secondary N) is 1. The Kier molecular flexibility index (Phi) is 5.28. The van der Waals surface area contributed by atoms with E-state index >= 15 is 0 Å². The molecule has 116 valence electrons. The van der Waals surface area contributed by atoms with Gasteiger partial charge in [0.05, 0.1) is 17.3 Å². The summed E-state index contributed by atoms with van der Waals surface area (Å²) in [5, 5.41) is 0. The van der Waals surface area contributed by atoms with Crippen LogP contribution in [0.25, 0.3) is 0 Å². The molecule has 3 atom stereocenters. The molecule has 7 heteroatoms. The first-order valence-electron chi connectivity index (χ1n) is 7.12. The van der Waals surface area contributed by atoms with E-state index in [-0.39, 0.29) is 11.6 Å². The molecule has 0 bridgehead atoms. The average molecular weight is 437 g/mol. The van der Waals surface area contributed by atoms with E-state index in [4.69, 9.17) is 10.6 Å². The third-order valence-electron chi connectivity index (χ3n) is 4.38. The molecule has 1 spiro atoms. The largest absolute Gasteiger partial charge is 0.374 e. The molecule has 3 N–H and O–H groups in total. The Morgan fingerprint density at radius 1 is 1.52 bits per heavy atom. The quantitative estimate of drug-likeness (QED) is 0.561. The molecule has 3 rings (SSSR count). The van der Waals surface area contributed by atoms with Gasteiger partial charge in [-0.05, 0) is 68.9 Å². The summed E-state index contributed by atoms with van der Waals surface area (Å²) in [4.78, 5) is 4.56. The second kappa shape index (κ2) is 6.84. The molecule has 3 unspecified atom stereocenters. The predicted molar refractivity (Wildman–Crippen MR) is 93.1 cm³/mol. The van der Waals surface area contributed by atoms with Crippen molar-refractivity contribution >= 4 is 43.6 Å². The zero-order chi connectivity index (χ0) is 14.9. The lowest BCUT2D eigenvalue weighted by Crippen LogP contribution is -2.45. The summed E-state index contributed by atoms with van der Waals surface area (Å²) in [5.74, 6) is 8.62. The van der Waals surface area contributed by atoms with E-state index in [9.17, 15) is 0 Å². The molecule has 21 heavy (non-hydrogen) atoms. The van der Waals surface area contributed by atoms with Gasteiger partial charge < -0.3 is 4.74 Å². The molecule has 2 aliphatic rings. The number of rotatable bonds is 3. The number of halogens is 2. The fourth-order valence-corrected chi connectivity index (χ4v) is 5.92. The summed E-state index contributed by atoms with van der Waals surface area (Å²) in [5.41, 5.74) is 4.02.